The van der Waals surface area contributed by atoms with Crippen molar-refractivity contribution in [1.29, 1.82) is 0 Å². The molecular weight excluding hydrogens is 457 g/mol. The third-order valence-corrected chi connectivity index (χ3v) is 6.73. The van der Waals surface area contributed by atoms with E-state index in [1.807, 2.05) is 81.4 Å². The molecule has 3 aromatic rings. The first kappa shape index (κ1) is 25.6. The topological polar surface area (TPSA) is 93.2 Å². The molecule has 2 amide bonds. The molecule has 36 heavy (non-hydrogen) atoms. The number of hydrogen-bond donors (Lipinski definition) is 2. The van der Waals surface area contributed by atoms with Crippen LogP contribution in [-0.4, -0.2) is 45.3 Å². The van der Waals surface area contributed by atoms with Crippen molar-refractivity contribution in [2.75, 3.05) is 6.54 Å². The first-order chi connectivity index (χ1) is 17.2. The lowest BCUT2D eigenvalue weighted by Crippen LogP contribution is -2.47. The summed E-state index contributed by atoms with van der Waals surface area (Å²) < 4.78 is 16.2. The highest BCUT2D eigenvalue weighted by atomic mass is 19.1. The van der Waals surface area contributed by atoms with E-state index in [0.29, 0.717) is 6.54 Å². The molecular formula is C28H34FN5O2. The van der Waals surface area contributed by atoms with Gasteiger partial charge in [0.2, 0.25) is 11.8 Å². The van der Waals surface area contributed by atoms with Gasteiger partial charge in [0.25, 0.3) is 0 Å². The number of aryl methyl sites for hydroxylation is 3. The Hall–Kier alpha value is -3.52. The predicted octanol–water partition coefficient (Wildman–Crippen LogP) is 3.75. The number of halogens is 1. The Labute approximate surface area is 211 Å². The number of carbonyl (C=O) groups excluding carboxylic acids is 2. The fourth-order valence-electron chi connectivity index (χ4n) is 4.79. The largest absolute Gasteiger partial charge is 0.343 e. The predicted molar refractivity (Wildman–Crippen MR) is 137 cm³/mol. The Balaban J connectivity index is 1.51. The number of amides is 2. The summed E-state index contributed by atoms with van der Waals surface area (Å²) in [5.74, 6) is -0.611. The molecule has 3 N–H and O–H groups in total. The summed E-state index contributed by atoms with van der Waals surface area (Å²) in [6, 6.07) is 17.9. The van der Waals surface area contributed by atoms with Gasteiger partial charge in [-0.05, 0) is 43.5 Å². The quantitative estimate of drug-likeness (QED) is 0.502. The molecule has 8 heteroatoms. The number of benzene rings is 2. The van der Waals surface area contributed by atoms with Crippen LogP contribution in [0.25, 0.3) is 0 Å². The summed E-state index contributed by atoms with van der Waals surface area (Å²) in [4.78, 5) is 27.9. The Morgan fingerprint density at radius 1 is 1.08 bits per heavy atom. The van der Waals surface area contributed by atoms with Gasteiger partial charge in [-0.2, -0.15) is 5.10 Å². The van der Waals surface area contributed by atoms with Crippen molar-refractivity contribution in [3.05, 3.63) is 88.7 Å². The minimum absolute atomic E-state index is 0.0113. The van der Waals surface area contributed by atoms with E-state index in [9.17, 15) is 14.0 Å². The molecule has 1 fully saturated rings. The lowest BCUT2D eigenvalue weighted by Gasteiger charge is -2.27. The summed E-state index contributed by atoms with van der Waals surface area (Å²) in [6.45, 7) is 6.05. The molecule has 2 aromatic carbocycles. The molecule has 0 bridgehead atoms. The second kappa shape index (κ2) is 11.0. The second-order valence-electron chi connectivity index (χ2n) is 9.60. The Bertz CT molecular complexity index is 1190. The molecule has 1 saturated heterocycles. The van der Waals surface area contributed by atoms with E-state index in [4.69, 9.17) is 5.73 Å². The maximum absolute atomic E-state index is 14.5. The maximum Gasteiger partial charge on any atom is 0.243 e. The zero-order chi connectivity index (χ0) is 25.8. The van der Waals surface area contributed by atoms with Crippen LogP contribution >= 0.6 is 0 Å². The number of aromatic nitrogens is 2. The number of likely N-dealkylation sites (tertiary alicyclic amines) is 1. The normalized spacial score (nSPS) is 19.2. The highest BCUT2D eigenvalue weighted by Gasteiger charge is 2.40. The van der Waals surface area contributed by atoms with Crippen LogP contribution in [0.2, 0.25) is 0 Å². The van der Waals surface area contributed by atoms with Gasteiger partial charge in [0.1, 0.15) is 12.2 Å². The highest BCUT2D eigenvalue weighted by molar-refractivity contribution is 5.89. The van der Waals surface area contributed by atoms with Gasteiger partial charge in [0.05, 0.1) is 18.3 Å². The summed E-state index contributed by atoms with van der Waals surface area (Å²) >= 11 is 0. The first-order valence-electron chi connectivity index (χ1n) is 12.4. The molecule has 1 aliphatic rings. The molecule has 0 spiro atoms. The second-order valence-corrected chi connectivity index (χ2v) is 9.60. The van der Waals surface area contributed by atoms with E-state index in [2.05, 4.69) is 10.4 Å². The van der Waals surface area contributed by atoms with E-state index in [1.165, 1.54) is 4.90 Å². The summed E-state index contributed by atoms with van der Waals surface area (Å²) in [5.41, 5.74) is 10.6. The number of nitrogens with one attached hydrogen (secondary N) is 1. The number of nitrogens with two attached hydrogens (primary N) is 1. The molecule has 1 unspecified atom stereocenters. The number of nitrogens with zero attached hydrogens (tertiary/aromatic N) is 3. The summed E-state index contributed by atoms with van der Waals surface area (Å²) in [5, 5.41) is 7.47. The molecule has 4 rings (SSSR count). The van der Waals surface area contributed by atoms with Crippen molar-refractivity contribution in [3.63, 3.8) is 0 Å². The average Bonchev–Trinajstić information content (AvgIpc) is 3.42. The first-order valence-corrected chi connectivity index (χ1v) is 12.4. The minimum Gasteiger partial charge on any atom is -0.343 e. The molecule has 1 aromatic heterocycles. The van der Waals surface area contributed by atoms with E-state index in [0.717, 1.165) is 28.1 Å². The van der Waals surface area contributed by atoms with Crippen LogP contribution in [0.4, 0.5) is 4.39 Å². The van der Waals surface area contributed by atoms with Crippen molar-refractivity contribution in [2.24, 2.45) is 5.73 Å². The van der Waals surface area contributed by atoms with Gasteiger partial charge in [-0.25, -0.2) is 4.39 Å². The van der Waals surface area contributed by atoms with Crippen LogP contribution in [0.15, 0.2) is 60.7 Å². The number of alkyl halides is 1. The Morgan fingerprint density at radius 3 is 2.33 bits per heavy atom. The van der Waals surface area contributed by atoms with Gasteiger partial charge >= 0.3 is 0 Å². The van der Waals surface area contributed by atoms with E-state index in [1.54, 1.807) is 4.68 Å². The van der Waals surface area contributed by atoms with Crippen molar-refractivity contribution < 1.29 is 14.0 Å². The highest BCUT2D eigenvalue weighted by Crippen LogP contribution is 2.27. The molecule has 2 heterocycles. The van der Waals surface area contributed by atoms with E-state index in [-0.39, 0.29) is 37.2 Å². The van der Waals surface area contributed by atoms with Crippen molar-refractivity contribution in [1.82, 2.24) is 20.0 Å². The Kier molecular flexibility index (Phi) is 7.84. The van der Waals surface area contributed by atoms with Crippen molar-refractivity contribution in [2.45, 2.75) is 64.5 Å². The minimum atomic E-state index is -1.24. The summed E-state index contributed by atoms with van der Waals surface area (Å²) in [6.07, 6.45) is -1.10. The van der Waals surface area contributed by atoms with Crippen LogP contribution in [-0.2, 0) is 16.1 Å². The lowest BCUT2D eigenvalue weighted by atomic mass is 9.96. The van der Waals surface area contributed by atoms with Crippen LogP contribution in [0.1, 0.15) is 59.9 Å². The van der Waals surface area contributed by atoms with Gasteiger partial charge in [-0.15, -0.1) is 0 Å². The van der Waals surface area contributed by atoms with Crippen LogP contribution < -0.4 is 11.1 Å². The zero-order valence-electron chi connectivity index (χ0n) is 21.0. The van der Waals surface area contributed by atoms with Gasteiger partial charge in [0.15, 0.2) is 0 Å². The average molecular weight is 492 g/mol. The van der Waals surface area contributed by atoms with Crippen LogP contribution in [0.3, 0.4) is 0 Å². The number of rotatable bonds is 8. The van der Waals surface area contributed by atoms with Gasteiger partial charge < -0.3 is 16.0 Å². The smallest absolute Gasteiger partial charge is 0.243 e. The molecule has 1 aliphatic heterocycles. The Morgan fingerprint density at radius 2 is 1.72 bits per heavy atom. The number of hydrogen-bond acceptors (Lipinski definition) is 4. The van der Waals surface area contributed by atoms with Crippen LogP contribution in [0.5, 0.6) is 0 Å². The van der Waals surface area contributed by atoms with Gasteiger partial charge in [-0.1, -0.05) is 54.6 Å². The lowest BCUT2D eigenvalue weighted by molar-refractivity contribution is -0.138. The van der Waals surface area contributed by atoms with Crippen molar-refractivity contribution >= 4 is 11.8 Å². The molecule has 0 saturated carbocycles. The third kappa shape index (κ3) is 5.82. The van der Waals surface area contributed by atoms with Crippen molar-refractivity contribution in [3.8, 4) is 0 Å². The van der Waals surface area contributed by atoms with E-state index < -0.39 is 18.3 Å². The standard InChI is InChI=1S/C28H34FN5O2/c1-18-15-19(2)34(32-18)14-13-26(35)33-17-24(29)16-25(33)28(36)31-27(22-7-5-4-6-8-22)23-11-9-21(10-12-23)20(3)30/h4-12,15,20,24-25,27H,13-14,16-17,30H2,1-3H3,(H,31,36)/t20?,24-,25+,27+/m1/s1. The monoisotopic (exact) mass is 491 g/mol. The zero-order valence-corrected chi connectivity index (χ0v) is 21.0. The van der Waals surface area contributed by atoms with Gasteiger partial charge in [-0.3, -0.25) is 14.3 Å². The summed E-state index contributed by atoms with van der Waals surface area (Å²) in [7, 11) is 0. The molecule has 4 atom stereocenters. The molecule has 0 radical (unpaired) electrons. The van der Waals surface area contributed by atoms with E-state index >= 15 is 0 Å². The maximum atomic E-state index is 14.5. The van der Waals surface area contributed by atoms with Gasteiger partial charge in [0, 0.05) is 31.1 Å². The number of carbonyl (C=O) groups is 2. The fraction of sp³-hybridized carbons (Fsp3) is 0.393. The third-order valence-electron chi connectivity index (χ3n) is 6.73. The molecule has 7 nitrogen and oxygen atoms in total. The molecule has 190 valence electrons. The molecule has 0 aliphatic carbocycles. The van der Waals surface area contributed by atoms with Crippen LogP contribution in [0, 0.1) is 13.8 Å². The fourth-order valence-corrected chi connectivity index (χ4v) is 4.79. The SMILES string of the molecule is Cc1cc(C)n(CCC(=O)N2C[C@H](F)C[C@H]2C(=O)N[C@@H](c2ccccc2)c2ccc(C(C)N)cc2)n1.